The molecular weight excluding hydrogens is 679 g/mol. The highest BCUT2D eigenvalue weighted by Gasteiger charge is 2.26. The zero-order valence-electron chi connectivity index (χ0n) is 31.5. The summed E-state index contributed by atoms with van der Waals surface area (Å²) in [6, 6.07) is 0. The Morgan fingerprint density at radius 3 is 1.38 bits per heavy atom. The van der Waals surface area contributed by atoms with Crippen LogP contribution in [0, 0.1) is 0 Å². The molecular formula is C42H65O9P. The van der Waals surface area contributed by atoms with Crippen LogP contribution in [0.1, 0.15) is 90.9 Å². The van der Waals surface area contributed by atoms with Crippen molar-refractivity contribution in [2.24, 2.45) is 0 Å². The average molecular weight is 745 g/mol. The summed E-state index contributed by atoms with van der Waals surface area (Å²) in [5, 5.41) is 18.3. The number of allylic oxidation sites excluding steroid dienone is 18. The topological polar surface area (TPSA) is 132 Å². The molecule has 0 heterocycles. The first-order chi connectivity index (χ1) is 25.3. The lowest BCUT2D eigenvalue weighted by molar-refractivity contribution is -0.153. The smallest absolute Gasteiger partial charge is 0.457 e. The van der Waals surface area contributed by atoms with E-state index in [9.17, 15) is 19.4 Å². The second-order valence-electron chi connectivity index (χ2n) is 11.5. The van der Waals surface area contributed by atoms with Gasteiger partial charge < -0.3 is 24.6 Å². The maximum absolute atomic E-state index is 12.5. The highest BCUT2D eigenvalue weighted by molar-refractivity contribution is 7.47. The molecule has 3 atom stereocenters. The molecule has 0 amide bonds. The van der Waals surface area contributed by atoms with Crippen LogP contribution in [0.15, 0.2) is 122 Å². The summed E-state index contributed by atoms with van der Waals surface area (Å²) in [4.78, 5) is 22.4. The summed E-state index contributed by atoms with van der Waals surface area (Å²) in [6.45, 7) is 2.86. The summed E-state index contributed by atoms with van der Waals surface area (Å²) < 4.78 is 33.0. The highest BCUT2D eigenvalue weighted by atomic mass is 31.2. The zero-order valence-corrected chi connectivity index (χ0v) is 32.4. The Hall–Kier alpha value is -3.14. The third-order valence-corrected chi connectivity index (χ3v) is 7.65. The Morgan fingerprint density at radius 1 is 0.577 bits per heavy atom. The van der Waals surface area contributed by atoms with Gasteiger partial charge in [0, 0.05) is 0 Å². The third-order valence-electron chi connectivity index (χ3n) is 6.70. The van der Waals surface area contributed by atoms with Gasteiger partial charge >= 0.3 is 13.8 Å². The normalized spacial score (nSPS) is 15.6. The number of carbonyl (C=O) groups is 1. The van der Waals surface area contributed by atoms with Crippen molar-refractivity contribution in [3.05, 3.63) is 122 Å². The number of carbonyl (C=O) groups excluding carboxylic acids is 1. The van der Waals surface area contributed by atoms with Crippen LogP contribution < -0.4 is 0 Å². The lowest BCUT2D eigenvalue weighted by Gasteiger charge is -2.20. The van der Waals surface area contributed by atoms with E-state index in [4.69, 9.17) is 19.1 Å². The molecule has 0 aliphatic rings. The van der Waals surface area contributed by atoms with Crippen LogP contribution in [0.5, 0.6) is 0 Å². The maximum atomic E-state index is 12.5. The summed E-state index contributed by atoms with van der Waals surface area (Å²) in [7, 11) is -4.57. The van der Waals surface area contributed by atoms with Crippen molar-refractivity contribution in [1.29, 1.82) is 0 Å². The number of hydrogen-bond donors (Lipinski definition) is 3. The van der Waals surface area contributed by atoms with Crippen LogP contribution in [-0.2, 0) is 27.9 Å². The van der Waals surface area contributed by atoms with Crippen LogP contribution in [0.25, 0.3) is 0 Å². The fraction of sp³-hybridized carbons (Fsp3) is 0.500. The molecule has 0 saturated heterocycles. The van der Waals surface area contributed by atoms with Crippen molar-refractivity contribution in [2.45, 2.75) is 103 Å². The maximum Gasteiger partial charge on any atom is 0.472 e. The largest absolute Gasteiger partial charge is 0.472 e. The average Bonchev–Trinajstić information content (AvgIpc) is 3.13. The molecule has 0 aliphatic carbocycles. The minimum Gasteiger partial charge on any atom is -0.457 e. The molecule has 3 N–H and O–H groups in total. The molecule has 0 aromatic carbocycles. The number of aliphatic hydroxyl groups excluding tert-OH is 2. The van der Waals surface area contributed by atoms with Gasteiger partial charge in [0.2, 0.25) is 0 Å². The van der Waals surface area contributed by atoms with Crippen LogP contribution in [0.2, 0.25) is 0 Å². The predicted molar refractivity (Wildman–Crippen MR) is 214 cm³/mol. The molecule has 0 aromatic rings. The van der Waals surface area contributed by atoms with E-state index in [0.29, 0.717) is 19.4 Å². The Bertz CT molecular complexity index is 1210. The molecule has 3 unspecified atom stereocenters. The Kier molecular flexibility index (Phi) is 35.3. The summed E-state index contributed by atoms with van der Waals surface area (Å²) in [6.07, 6.45) is 49.3. The van der Waals surface area contributed by atoms with Crippen molar-refractivity contribution in [2.75, 3.05) is 33.0 Å². The Balaban J connectivity index is 4.56. The van der Waals surface area contributed by atoms with E-state index < -0.39 is 45.8 Å². The minimum absolute atomic E-state index is 0.0139. The van der Waals surface area contributed by atoms with Gasteiger partial charge in [0.25, 0.3) is 0 Å². The van der Waals surface area contributed by atoms with Crippen LogP contribution in [0.3, 0.4) is 0 Å². The number of phosphoric acid groups is 1. The predicted octanol–water partition coefficient (Wildman–Crippen LogP) is 9.68. The molecule has 292 valence electrons. The van der Waals surface area contributed by atoms with E-state index in [1.807, 2.05) is 24.3 Å². The van der Waals surface area contributed by atoms with Crippen molar-refractivity contribution in [1.82, 2.24) is 0 Å². The van der Waals surface area contributed by atoms with Gasteiger partial charge in [-0.3, -0.25) is 13.8 Å². The van der Waals surface area contributed by atoms with Gasteiger partial charge in [-0.25, -0.2) is 4.57 Å². The van der Waals surface area contributed by atoms with Gasteiger partial charge in [0.1, 0.15) is 12.2 Å². The molecule has 9 nitrogen and oxygen atoms in total. The fourth-order valence-electron chi connectivity index (χ4n) is 3.96. The van der Waals surface area contributed by atoms with Crippen molar-refractivity contribution in [3.8, 4) is 0 Å². The van der Waals surface area contributed by atoms with E-state index in [0.717, 1.165) is 57.8 Å². The Morgan fingerprint density at radius 2 is 0.962 bits per heavy atom. The SMILES string of the molecule is CC/C=C\C/C=C\C/C=C\C/C=C\C/C=C\CCOCC(COP(=O)(O)OCC(O)CO)OC(=O)C/C=C\C/C=C\C/C=C\C/C=C\C/C=C\CC. The van der Waals surface area contributed by atoms with Crippen LogP contribution >= 0.6 is 7.82 Å². The van der Waals surface area contributed by atoms with E-state index in [1.165, 1.54) is 0 Å². The number of aliphatic hydroxyl groups is 2. The molecule has 0 saturated carbocycles. The quantitative estimate of drug-likeness (QED) is 0.0260. The van der Waals surface area contributed by atoms with Crippen molar-refractivity contribution >= 4 is 13.8 Å². The minimum atomic E-state index is -4.57. The van der Waals surface area contributed by atoms with E-state index in [1.54, 1.807) is 6.08 Å². The Labute approximate surface area is 313 Å². The molecule has 52 heavy (non-hydrogen) atoms. The first-order valence-electron chi connectivity index (χ1n) is 18.5. The molecule has 10 heteroatoms. The van der Waals surface area contributed by atoms with Gasteiger partial charge in [0.15, 0.2) is 0 Å². The van der Waals surface area contributed by atoms with Gasteiger partial charge in [-0.1, -0.05) is 135 Å². The first-order valence-corrected chi connectivity index (χ1v) is 20.0. The van der Waals surface area contributed by atoms with Gasteiger partial charge in [0.05, 0.1) is 39.5 Å². The molecule has 0 aliphatic heterocycles. The summed E-state index contributed by atoms with van der Waals surface area (Å²) >= 11 is 0. The van der Waals surface area contributed by atoms with Gasteiger partial charge in [-0.05, 0) is 70.6 Å². The van der Waals surface area contributed by atoms with Gasteiger partial charge in [-0.15, -0.1) is 0 Å². The standard InChI is InChI=1S/C42H65O9P/c1-3-5-7-9-11-13-15-17-19-21-23-25-27-29-31-33-35-48-38-41(39-50-52(46,47)49-37-40(44)36-43)51-42(45)34-32-30-28-26-24-22-20-18-16-14-12-10-8-6-4-2/h5-8,11-14,17-20,23-26,29-32,40-41,43-44H,3-4,9-10,15-16,21-22,27-28,33-39H2,1-2H3,(H,46,47)/b7-5-,8-6-,13-11-,14-12-,19-17-,20-18-,25-23-,26-24-,31-29-,32-30-. The molecule has 0 fully saturated rings. The van der Waals surface area contributed by atoms with Gasteiger partial charge in [-0.2, -0.15) is 0 Å². The number of esters is 1. The van der Waals surface area contributed by atoms with Crippen LogP contribution in [0.4, 0.5) is 0 Å². The molecule has 0 radical (unpaired) electrons. The number of ether oxygens (including phenoxy) is 2. The lowest BCUT2D eigenvalue weighted by atomic mass is 10.2. The second kappa shape index (κ2) is 37.6. The third kappa shape index (κ3) is 36.6. The van der Waals surface area contributed by atoms with E-state index in [-0.39, 0.29) is 13.0 Å². The zero-order chi connectivity index (χ0) is 38.2. The summed E-state index contributed by atoms with van der Waals surface area (Å²) in [5.74, 6) is -0.541. The highest BCUT2D eigenvalue weighted by Crippen LogP contribution is 2.43. The molecule has 0 rings (SSSR count). The van der Waals surface area contributed by atoms with Crippen molar-refractivity contribution < 1.29 is 43.0 Å². The molecule has 0 aromatic heterocycles. The molecule has 0 spiro atoms. The lowest BCUT2D eigenvalue weighted by Crippen LogP contribution is -2.28. The second-order valence-corrected chi connectivity index (χ2v) is 12.9. The number of rotatable bonds is 33. The van der Waals surface area contributed by atoms with E-state index in [2.05, 4.69) is 110 Å². The first kappa shape index (κ1) is 48.9. The number of hydrogen-bond acceptors (Lipinski definition) is 8. The van der Waals surface area contributed by atoms with E-state index >= 15 is 0 Å². The fourth-order valence-corrected chi connectivity index (χ4v) is 4.75. The molecule has 0 bridgehead atoms. The van der Waals surface area contributed by atoms with Crippen molar-refractivity contribution in [3.63, 3.8) is 0 Å². The monoisotopic (exact) mass is 744 g/mol. The number of phosphoric ester groups is 1. The summed E-state index contributed by atoms with van der Waals surface area (Å²) in [5.41, 5.74) is 0. The van der Waals surface area contributed by atoms with Crippen LogP contribution in [-0.4, -0.2) is 66.3 Å².